The maximum atomic E-state index is 13.4. The van der Waals surface area contributed by atoms with E-state index in [2.05, 4.69) is 33.0 Å². The van der Waals surface area contributed by atoms with Gasteiger partial charge in [-0.2, -0.15) is 11.8 Å². The van der Waals surface area contributed by atoms with Crippen LogP contribution in [0.3, 0.4) is 0 Å². The fraction of sp³-hybridized carbons (Fsp3) is 0.600. The van der Waals surface area contributed by atoms with Gasteiger partial charge in [0.05, 0.1) is 0 Å². The molecule has 0 aliphatic heterocycles. The summed E-state index contributed by atoms with van der Waals surface area (Å²) in [5.41, 5.74) is 1.05. The van der Waals surface area contributed by atoms with Crippen LogP contribution in [0.1, 0.15) is 31.2 Å². The zero-order valence-corrected chi connectivity index (χ0v) is 13.7. The summed E-state index contributed by atoms with van der Waals surface area (Å²) in [5.74, 6) is 0.942. The molecule has 1 aliphatic rings. The van der Waals surface area contributed by atoms with Crippen LogP contribution >= 0.6 is 27.7 Å². The molecule has 0 bridgehead atoms. The summed E-state index contributed by atoms with van der Waals surface area (Å²) in [7, 11) is 1.99. The first-order valence-electron chi connectivity index (χ1n) is 6.91. The van der Waals surface area contributed by atoms with E-state index in [0.717, 1.165) is 27.5 Å². The lowest BCUT2D eigenvalue weighted by molar-refractivity contribution is 0.601. The second kappa shape index (κ2) is 7.65. The van der Waals surface area contributed by atoms with E-state index < -0.39 is 0 Å². The molecule has 19 heavy (non-hydrogen) atoms. The summed E-state index contributed by atoms with van der Waals surface area (Å²) in [4.78, 5) is 0. The monoisotopic (exact) mass is 345 g/mol. The Hall–Kier alpha value is -0.0600. The number of hydrogen-bond acceptors (Lipinski definition) is 2. The molecule has 4 heteroatoms. The molecule has 0 amide bonds. The van der Waals surface area contributed by atoms with E-state index in [-0.39, 0.29) is 5.82 Å². The summed E-state index contributed by atoms with van der Waals surface area (Å²) in [5, 5.41) is 4.20. The molecule has 1 aromatic rings. The van der Waals surface area contributed by atoms with Crippen molar-refractivity contribution in [2.45, 2.75) is 43.4 Å². The average molecular weight is 346 g/mol. The second-order valence-electron chi connectivity index (χ2n) is 5.21. The molecule has 1 fully saturated rings. The number of thioether (sulfide) groups is 1. The van der Waals surface area contributed by atoms with Crippen molar-refractivity contribution in [2.24, 2.45) is 0 Å². The zero-order chi connectivity index (χ0) is 13.7. The Bertz CT molecular complexity index is 387. The smallest absolute Gasteiger partial charge is 0.124 e. The van der Waals surface area contributed by atoms with Crippen molar-refractivity contribution in [3.8, 4) is 0 Å². The summed E-state index contributed by atoms with van der Waals surface area (Å²) in [6.07, 6.45) is 6.39. The Morgan fingerprint density at radius 2 is 2.11 bits per heavy atom. The van der Waals surface area contributed by atoms with Crippen LogP contribution in [0.15, 0.2) is 22.7 Å². The van der Waals surface area contributed by atoms with Gasteiger partial charge in [0.15, 0.2) is 0 Å². The SMILES string of the molecule is CNC(CSC1CCCC1)Cc1cc(F)cc(Br)c1. The van der Waals surface area contributed by atoms with Crippen molar-refractivity contribution < 1.29 is 4.39 Å². The second-order valence-corrected chi connectivity index (χ2v) is 7.46. The number of nitrogens with one attached hydrogen (secondary N) is 1. The van der Waals surface area contributed by atoms with Crippen LogP contribution in [0.2, 0.25) is 0 Å². The molecule has 2 rings (SSSR count). The Labute approximate surface area is 127 Å². The van der Waals surface area contributed by atoms with E-state index in [4.69, 9.17) is 0 Å². The summed E-state index contributed by atoms with van der Waals surface area (Å²) < 4.78 is 14.2. The molecule has 0 saturated heterocycles. The van der Waals surface area contributed by atoms with Crippen LogP contribution in [0.4, 0.5) is 4.39 Å². The maximum absolute atomic E-state index is 13.4. The molecule has 0 heterocycles. The van der Waals surface area contributed by atoms with Gasteiger partial charge in [-0.3, -0.25) is 0 Å². The van der Waals surface area contributed by atoms with E-state index in [0.29, 0.717) is 6.04 Å². The Balaban J connectivity index is 1.86. The first kappa shape index (κ1) is 15.3. The van der Waals surface area contributed by atoms with Crippen molar-refractivity contribution in [1.29, 1.82) is 0 Å². The highest BCUT2D eigenvalue weighted by Crippen LogP contribution is 2.30. The molecular formula is C15H21BrFNS. The first-order valence-corrected chi connectivity index (χ1v) is 8.75. The van der Waals surface area contributed by atoms with Crippen LogP contribution in [0, 0.1) is 5.82 Å². The molecule has 1 nitrogen and oxygen atoms in total. The molecule has 1 saturated carbocycles. The number of likely N-dealkylation sites (N-methyl/N-ethyl adjacent to an activating group) is 1. The number of hydrogen-bond donors (Lipinski definition) is 1. The zero-order valence-electron chi connectivity index (χ0n) is 11.3. The summed E-state index contributed by atoms with van der Waals surface area (Å²) in [6.45, 7) is 0. The minimum atomic E-state index is -0.164. The third kappa shape index (κ3) is 5.09. The lowest BCUT2D eigenvalue weighted by atomic mass is 10.1. The van der Waals surface area contributed by atoms with Gasteiger partial charge in [0.25, 0.3) is 0 Å². The number of halogens is 2. The van der Waals surface area contributed by atoms with Crippen LogP contribution in [0.5, 0.6) is 0 Å². The Kier molecular flexibility index (Phi) is 6.17. The molecule has 1 aliphatic carbocycles. The number of rotatable bonds is 6. The van der Waals surface area contributed by atoms with Gasteiger partial charge in [0, 0.05) is 21.5 Å². The number of benzene rings is 1. The molecule has 106 valence electrons. The van der Waals surface area contributed by atoms with Gasteiger partial charge in [-0.25, -0.2) is 4.39 Å². The fourth-order valence-electron chi connectivity index (χ4n) is 2.56. The molecule has 0 spiro atoms. The van der Waals surface area contributed by atoms with Crippen molar-refractivity contribution in [1.82, 2.24) is 5.32 Å². The molecular weight excluding hydrogens is 325 g/mol. The largest absolute Gasteiger partial charge is 0.316 e. The van der Waals surface area contributed by atoms with Crippen molar-refractivity contribution >= 4 is 27.7 Å². The van der Waals surface area contributed by atoms with E-state index >= 15 is 0 Å². The lowest BCUT2D eigenvalue weighted by Gasteiger charge is -2.18. The van der Waals surface area contributed by atoms with Crippen molar-refractivity contribution in [3.63, 3.8) is 0 Å². The van der Waals surface area contributed by atoms with E-state index in [1.807, 2.05) is 13.1 Å². The quantitative estimate of drug-likeness (QED) is 0.820. The highest BCUT2D eigenvalue weighted by molar-refractivity contribution is 9.10. The Morgan fingerprint density at radius 1 is 1.37 bits per heavy atom. The third-order valence-corrected chi connectivity index (χ3v) is 5.64. The summed E-state index contributed by atoms with van der Waals surface area (Å²) in [6, 6.07) is 5.56. The van der Waals surface area contributed by atoms with Gasteiger partial charge >= 0.3 is 0 Å². The van der Waals surface area contributed by atoms with Gasteiger partial charge in [-0.05, 0) is 50.1 Å². The minimum absolute atomic E-state index is 0.164. The van der Waals surface area contributed by atoms with Crippen LogP contribution < -0.4 is 5.32 Å². The molecule has 1 N–H and O–H groups in total. The summed E-state index contributed by atoms with van der Waals surface area (Å²) >= 11 is 5.43. The van der Waals surface area contributed by atoms with E-state index in [1.54, 1.807) is 6.07 Å². The highest BCUT2D eigenvalue weighted by Gasteiger charge is 2.17. The van der Waals surface area contributed by atoms with Crippen LogP contribution in [-0.2, 0) is 6.42 Å². The molecule has 1 unspecified atom stereocenters. The van der Waals surface area contributed by atoms with Crippen LogP contribution in [0.25, 0.3) is 0 Å². The topological polar surface area (TPSA) is 12.0 Å². The van der Waals surface area contributed by atoms with Crippen LogP contribution in [-0.4, -0.2) is 24.1 Å². The van der Waals surface area contributed by atoms with Gasteiger partial charge in [0.1, 0.15) is 5.82 Å². The van der Waals surface area contributed by atoms with E-state index in [1.165, 1.54) is 31.7 Å². The Morgan fingerprint density at radius 3 is 2.74 bits per heavy atom. The standard InChI is InChI=1S/C15H21BrFNS/c1-18-14(10-19-15-4-2-3-5-15)8-11-6-12(16)9-13(17)7-11/h6-7,9,14-15,18H,2-5,8,10H2,1H3. The highest BCUT2D eigenvalue weighted by atomic mass is 79.9. The van der Waals surface area contributed by atoms with Gasteiger partial charge in [-0.1, -0.05) is 28.8 Å². The molecule has 0 radical (unpaired) electrons. The molecule has 1 aromatic carbocycles. The predicted molar refractivity (Wildman–Crippen MR) is 85.4 cm³/mol. The average Bonchev–Trinajstić information content (AvgIpc) is 2.86. The molecule has 0 aromatic heterocycles. The van der Waals surface area contributed by atoms with Gasteiger partial charge in [-0.15, -0.1) is 0 Å². The third-order valence-electron chi connectivity index (χ3n) is 3.65. The van der Waals surface area contributed by atoms with Gasteiger partial charge in [0.2, 0.25) is 0 Å². The van der Waals surface area contributed by atoms with Crippen molar-refractivity contribution in [3.05, 3.63) is 34.1 Å². The van der Waals surface area contributed by atoms with Gasteiger partial charge < -0.3 is 5.32 Å². The normalized spacial score (nSPS) is 17.8. The predicted octanol–water partition coefficient (Wildman–Crippen LogP) is 4.39. The first-order chi connectivity index (χ1) is 9.17. The van der Waals surface area contributed by atoms with E-state index in [9.17, 15) is 4.39 Å². The van der Waals surface area contributed by atoms with Crippen molar-refractivity contribution in [2.75, 3.05) is 12.8 Å². The fourth-order valence-corrected chi connectivity index (χ4v) is 4.53. The maximum Gasteiger partial charge on any atom is 0.124 e. The molecule has 1 atom stereocenters. The minimum Gasteiger partial charge on any atom is -0.316 e. The lowest BCUT2D eigenvalue weighted by Crippen LogP contribution is -2.30.